The molecule has 2 heterocycles. The maximum atomic E-state index is 11.7. The van der Waals surface area contributed by atoms with Crippen molar-refractivity contribution < 1.29 is 14.6 Å². The summed E-state index contributed by atoms with van der Waals surface area (Å²) in [4.78, 5) is 16.0. The van der Waals surface area contributed by atoms with Gasteiger partial charge in [0, 0.05) is 30.1 Å². The Kier molecular flexibility index (Phi) is 7.46. The zero-order chi connectivity index (χ0) is 25.6. The Morgan fingerprint density at radius 2 is 1.65 bits per heavy atom. The van der Waals surface area contributed by atoms with Crippen LogP contribution in [0.15, 0.2) is 103 Å². The second kappa shape index (κ2) is 11.3. The van der Waals surface area contributed by atoms with E-state index in [0.717, 1.165) is 33.8 Å². The van der Waals surface area contributed by atoms with E-state index < -0.39 is 5.97 Å². The number of rotatable bonds is 9. The number of carboxylic acid groups (broad SMARTS) is 1. The Labute approximate surface area is 227 Å². The molecule has 0 saturated heterocycles. The van der Waals surface area contributed by atoms with E-state index in [-0.39, 0.29) is 5.56 Å². The highest BCUT2D eigenvalue weighted by molar-refractivity contribution is 14.1. The summed E-state index contributed by atoms with van der Waals surface area (Å²) in [7, 11) is 0. The summed E-state index contributed by atoms with van der Waals surface area (Å²) in [6, 6.07) is 29.2. The summed E-state index contributed by atoms with van der Waals surface area (Å²) >= 11 is 2.04. The van der Waals surface area contributed by atoms with Gasteiger partial charge >= 0.3 is 5.97 Å². The van der Waals surface area contributed by atoms with Gasteiger partial charge in [0.25, 0.3) is 0 Å². The number of anilines is 1. The molecule has 0 spiro atoms. The van der Waals surface area contributed by atoms with Crippen LogP contribution >= 0.6 is 22.6 Å². The van der Waals surface area contributed by atoms with E-state index in [2.05, 4.69) is 10.3 Å². The van der Waals surface area contributed by atoms with Crippen LogP contribution < -0.4 is 10.1 Å². The molecule has 3 aromatic carbocycles. The minimum absolute atomic E-state index is 0.177. The van der Waals surface area contributed by atoms with E-state index in [1.165, 1.54) is 12.3 Å². The quantitative estimate of drug-likeness (QED) is 0.149. The number of halogens is 1. The molecule has 0 amide bonds. The third-order valence-corrected chi connectivity index (χ3v) is 6.60. The monoisotopic (exact) mass is 602 g/mol. The Morgan fingerprint density at radius 3 is 2.35 bits per heavy atom. The van der Waals surface area contributed by atoms with E-state index in [0.29, 0.717) is 22.5 Å². The number of carboxylic acids is 1. The van der Waals surface area contributed by atoms with Crippen LogP contribution in [0.4, 0.5) is 5.69 Å². The average molecular weight is 602 g/mol. The first-order valence-corrected chi connectivity index (χ1v) is 12.7. The van der Waals surface area contributed by atoms with Gasteiger partial charge in [-0.2, -0.15) is 5.10 Å². The lowest BCUT2D eigenvalue weighted by Gasteiger charge is -2.11. The standard InChI is InChI=1S/C29H23IN4O3/c30-28-27(25(29(35)36)15-16-31-28)32-17-22-18-34(23-9-5-2-6-10-23)33-26(22)21-11-13-24(14-12-21)37-19-20-7-3-1-4-8-20/h1-16,18,32H,17,19H2,(H,35,36). The van der Waals surface area contributed by atoms with Crippen LogP contribution in [0.1, 0.15) is 21.5 Å². The fourth-order valence-electron chi connectivity index (χ4n) is 3.91. The van der Waals surface area contributed by atoms with Gasteiger partial charge in [-0.15, -0.1) is 0 Å². The summed E-state index contributed by atoms with van der Waals surface area (Å²) in [6.45, 7) is 0.865. The van der Waals surface area contributed by atoms with E-state index >= 15 is 0 Å². The predicted octanol–water partition coefficient (Wildman–Crippen LogP) is 6.43. The number of para-hydroxylation sites is 1. The lowest BCUT2D eigenvalue weighted by Crippen LogP contribution is -2.09. The van der Waals surface area contributed by atoms with E-state index in [4.69, 9.17) is 9.84 Å². The number of pyridine rings is 1. The molecule has 5 aromatic rings. The van der Waals surface area contributed by atoms with E-state index in [1.807, 2.05) is 118 Å². The van der Waals surface area contributed by atoms with Gasteiger partial charge in [-0.05, 0) is 70.6 Å². The Balaban J connectivity index is 1.42. The van der Waals surface area contributed by atoms with Crippen LogP contribution in [-0.2, 0) is 13.2 Å². The van der Waals surface area contributed by atoms with Gasteiger partial charge in [0.05, 0.1) is 22.6 Å². The fourth-order valence-corrected chi connectivity index (χ4v) is 4.55. The predicted molar refractivity (Wildman–Crippen MR) is 151 cm³/mol. The fraction of sp³-hybridized carbons (Fsp3) is 0.0690. The van der Waals surface area contributed by atoms with Crippen molar-refractivity contribution in [3.8, 4) is 22.7 Å². The second-order valence-corrected chi connectivity index (χ2v) is 9.29. The summed E-state index contributed by atoms with van der Waals surface area (Å²) in [5.41, 5.74) is 5.33. The summed E-state index contributed by atoms with van der Waals surface area (Å²) in [5.74, 6) is -0.236. The number of hydrogen-bond acceptors (Lipinski definition) is 5. The van der Waals surface area contributed by atoms with Crippen molar-refractivity contribution in [1.82, 2.24) is 14.8 Å². The zero-order valence-electron chi connectivity index (χ0n) is 19.7. The molecule has 0 radical (unpaired) electrons. The molecule has 2 N–H and O–H groups in total. The first-order valence-electron chi connectivity index (χ1n) is 11.6. The van der Waals surface area contributed by atoms with Gasteiger partial charge in [0.1, 0.15) is 16.1 Å². The SMILES string of the molecule is O=C(O)c1ccnc(I)c1NCc1cn(-c2ccccc2)nc1-c1ccc(OCc2ccccc2)cc1. The minimum atomic E-state index is -1.01. The molecule has 184 valence electrons. The van der Waals surface area contributed by atoms with Gasteiger partial charge in [0.2, 0.25) is 0 Å². The molecular formula is C29H23IN4O3. The molecule has 0 unspecified atom stereocenters. The van der Waals surface area contributed by atoms with E-state index in [1.54, 1.807) is 0 Å². The van der Waals surface area contributed by atoms with Crippen LogP contribution in [0, 0.1) is 3.70 Å². The molecule has 0 fully saturated rings. The van der Waals surface area contributed by atoms with Gasteiger partial charge in [-0.3, -0.25) is 0 Å². The largest absolute Gasteiger partial charge is 0.489 e. The summed E-state index contributed by atoms with van der Waals surface area (Å²) in [5, 5.41) is 17.8. The molecular weight excluding hydrogens is 579 g/mol. The van der Waals surface area contributed by atoms with Crippen molar-refractivity contribution in [3.05, 3.63) is 124 Å². The highest BCUT2D eigenvalue weighted by atomic mass is 127. The lowest BCUT2D eigenvalue weighted by molar-refractivity contribution is 0.0697. The molecule has 0 bridgehead atoms. The van der Waals surface area contributed by atoms with Crippen molar-refractivity contribution in [1.29, 1.82) is 0 Å². The minimum Gasteiger partial charge on any atom is -0.489 e. The zero-order valence-corrected chi connectivity index (χ0v) is 21.9. The van der Waals surface area contributed by atoms with Gasteiger partial charge in [-0.25, -0.2) is 14.5 Å². The number of nitrogens with one attached hydrogen (secondary N) is 1. The molecule has 0 aliphatic heterocycles. The normalized spacial score (nSPS) is 10.7. The molecule has 7 nitrogen and oxygen atoms in total. The topological polar surface area (TPSA) is 89.3 Å². The first-order chi connectivity index (χ1) is 18.1. The van der Waals surface area contributed by atoms with E-state index in [9.17, 15) is 9.90 Å². The molecule has 37 heavy (non-hydrogen) atoms. The van der Waals surface area contributed by atoms with Crippen LogP contribution in [0.25, 0.3) is 16.9 Å². The summed E-state index contributed by atoms with van der Waals surface area (Å²) < 4.78 is 8.36. The Hall–Kier alpha value is -4.18. The Bertz CT molecular complexity index is 1500. The third kappa shape index (κ3) is 5.80. The number of aromatic carboxylic acids is 1. The highest BCUT2D eigenvalue weighted by Crippen LogP contribution is 2.28. The Morgan fingerprint density at radius 1 is 0.946 bits per heavy atom. The molecule has 2 aromatic heterocycles. The van der Waals surface area contributed by atoms with Crippen molar-refractivity contribution in [3.63, 3.8) is 0 Å². The lowest BCUT2D eigenvalue weighted by atomic mass is 10.1. The average Bonchev–Trinajstić information content (AvgIpc) is 3.36. The third-order valence-electron chi connectivity index (χ3n) is 5.78. The van der Waals surface area contributed by atoms with Crippen LogP contribution in [0.5, 0.6) is 5.75 Å². The molecule has 0 atom stereocenters. The van der Waals surface area contributed by atoms with Gasteiger partial charge < -0.3 is 15.2 Å². The van der Waals surface area contributed by atoms with Crippen molar-refractivity contribution in [2.24, 2.45) is 0 Å². The second-order valence-electron chi connectivity index (χ2n) is 8.26. The van der Waals surface area contributed by atoms with Crippen molar-refractivity contribution in [2.75, 3.05) is 5.32 Å². The molecule has 0 aliphatic rings. The van der Waals surface area contributed by atoms with Gasteiger partial charge in [-0.1, -0.05) is 48.5 Å². The molecule has 8 heteroatoms. The number of ether oxygens (including phenoxy) is 1. The van der Waals surface area contributed by atoms with Crippen LogP contribution in [0.3, 0.4) is 0 Å². The van der Waals surface area contributed by atoms with Gasteiger partial charge in [0.15, 0.2) is 0 Å². The highest BCUT2D eigenvalue weighted by Gasteiger charge is 2.17. The molecule has 0 saturated carbocycles. The number of nitrogens with zero attached hydrogens (tertiary/aromatic N) is 3. The number of hydrogen-bond donors (Lipinski definition) is 2. The van der Waals surface area contributed by atoms with Crippen LogP contribution in [0.2, 0.25) is 0 Å². The summed E-state index contributed by atoms with van der Waals surface area (Å²) in [6.07, 6.45) is 3.46. The molecule has 0 aliphatic carbocycles. The molecule has 5 rings (SSSR count). The smallest absolute Gasteiger partial charge is 0.337 e. The maximum absolute atomic E-state index is 11.7. The van der Waals surface area contributed by atoms with Crippen molar-refractivity contribution in [2.45, 2.75) is 13.2 Å². The van der Waals surface area contributed by atoms with Crippen LogP contribution in [-0.4, -0.2) is 25.8 Å². The number of benzene rings is 3. The number of carbonyl (C=O) groups is 1. The number of aromatic nitrogens is 3. The maximum Gasteiger partial charge on any atom is 0.337 e. The van der Waals surface area contributed by atoms with Crippen molar-refractivity contribution >= 4 is 34.2 Å². The first kappa shape index (κ1) is 24.5.